The number of nitrogens with zero attached hydrogens (tertiary/aromatic N) is 3. The van der Waals surface area contributed by atoms with Crippen LogP contribution in [0.25, 0.3) is 0 Å². The van der Waals surface area contributed by atoms with Gasteiger partial charge in [0.05, 0.1) is 5.69 Å². The van der Waals surface area contributed by atoms with Gasteiger partial charge in [-0.3, -0.25) is 4.98 Å². The molecule has 0 aliphatic carbocycles. The van der Waals surface area contributed by atoms with Crippen molar-refractivity contribution in [1.29, 1.82) is 0 Å². The summed E-state index contributed by atoms with van der Waals surface area (Å²) < 4.78 is 2.03. The van der Waals surface area contributed by atoms with Gasteiger partial charge in [-0.15, -0.1) is 0 Å². The Morgan fingerprint density at radius 3 is 2.82 bits per heavy atom. The van der Waals surface area contributed by atoms with E-state index in [4.69, 9.17) is 5.73 Å². The number of hydrogen-bond acceptors (Lipinski definition) is 3. The van der Waals surface area contributed by atoms with Gasteiger partial charge in [0.25, 0.3) is 0 Å². The quantitative estimate of drug-likeness (QED) is 0.870. The second-order valence-electron chi connectivity index (χ2n) is 4.31. The van der Waals surface area contributed by atoms with E-state index in [1.54, 1.807) is 6.20 Å². The van der Waals surface area contributed by atoms with Crippen molar-refractivity contribution < 1.29 is 0 Å². The van der Waals surface area contributed by atoms with Crippen molar-refractivity contribution >= 4 is 0 Å². The fraction of sp³-hybridized carbons (Fsp3) is 0.385. The molecule has 1 atom stereocenters. The predicted molar refractivity (Wildman–Crippen MR) is 67.4 cm³/mol. The first-order chi connectivity index (χ1) is 8.18. The Morgan fingerprint density at radius 1 is 1.35 bits per heavy atom. The maximum atomic E-state index is 6.16. The Bertz CT molecular complexity index is 490. The maximum absolute atomic E-state index is 6.16. The minimum Gasteiger partial charge on any atom is -0.338 e. The van der Waals surface area contributed by atoms with Crippen LogP contribution in [0, 0.1) is 6.92 Å². The van der Waals surface area contributed by atoms with Crippen molar-refractivity contribution in [2.24, 2.45) is 12.8 Å². The average Bonchev–Trinajstić information content (AvgIpc) is 2.72. The highest BCUT2D eigenvalue weighted by molar-refractivity contribution is 5.20. The van der Waals surface area contributed by atoms with Crippen molar-refractivity contribution in [2.45, 2.75) is 25.8 Å². The standard InChI is InChI=1S/C13H18N4/c1-10-4-3-7-16-13(10)11(14)5-6-12-15-8-9-17(12)2/h3-4,7-9,11H,5-6,14H2,1-2H3. The molecule has 0 bridgehead atoms. The van der Waals surface area contributed by atoms with Crippen LogP contribution in [-0.4, -0.2) is 14.5 Å². The van der Waals surface area contributed by atoms with Gasteiger partial charge >= 0.3 is 0 Å². The third-order valence-electron chi connectivity index (χ3n) is 3.00. The lowest BCUT2D eigenvalue weighted by Crippen LogP contribution is -2.15. The van der Waals surface area contributed by atoms with Crippen LogP contribution in [0.4, 0.5) is 0 Å². The smallest absolute Gasteiger partial charge is 0.108 e. The van der Waals surface area contributed by atoms with Gasteiger partial charge in [0, 0.05) is 38.1 Å². The molecule has 2 aromatic heterocycles. The summed E-state index contributed by atoms with van der Waals surface area (Å²) in [7, 11) is 2.00. The average molecular weight is 230 g/mol. The first kappa shape index (κ1) is 11.8. The molecule has 4 nitrogen and oxygen atoms in total. The van der Waals surface area contributed by atoms with Crippen LogP contribution in [0.15, 0.2) is 30.7 Å². The number of aryl methyl sites for hydroxylation is 3. The van der Waals surface area contributed by atoms with E-state index < -0.39 is 0 Å². The van der Waals surface area contributed by atoms with E-state index in [1.165, 1.54) is 0 Å². The van der Waals surface area contributed by atoms with E-state index in [2.05, 4.69) is 9.97 Å². The molecule has 2 aromatic rings. The van der Waals surface area contributed by atoms with Crippen LogP contribution in [0.1, 0.15) is 29.5 Å². The predicted octanol–water partition coefficient (Wildman–Crippen LogP) is 1.76. The SMILES string of the molecule is Cc1cccnc1C(N)CCc1nccn1C. The molecule has 2 rings (SSSR count). The van der Waals surface area contributed by atoms with E-state index >= 15 is 0 Å². The van der Waals surface area contributed by atoms with Gasteiger partial charge in [-0.25, -0.2) is 4.98 Å². The number of hydrogen-bond donors (Lipinski definition) is 1. The molecule has 0 aromatic carbocycles. The lowest BCUT2D eigenvalue weighted by Gasteiger charge is -2.13. The summed E-state index contributed by atoms with van der Waals surface area (Å²) in [6.45, 7) is 2.04. The third-order valence-corrected chi connectivity index (χ3v) is 3.00. The zero-order valence-corrected chi connectivity index (χ0v) is 10.3. The van der Waals surface area contributed by atoms with E-state index in [0.717, 1.165) is 29.9 Å². The van der Waals surface area contributed by atoms with Crippen molar-refractivity contribution in [3.05, 3.63) is 47.8 Å². The Morgan fingerprint density at radius 2 is 2.18 bits per heavy atom. The molecule has 17 heavy (non-hydrogen) atoms. The summed E-state index contributed by atoms with van der Waals surface area (Å²) in [4.78, 5) is 8.64. The molecule has 0 spiro atoms. The Kier molecular flexibility index (Phi) is 3.54. The lowest BCUT2D eigenvalue weighted by atomic mass is 10.0. The van der Waals surface area contributed by atoms with Crippen LogP contribution in [-0.2, 0) is 13.5 Å². The topological polar surface area (TPSA) is 56.7 Å². The molecule has 0 saturated heterocycles. The molecule has 2 heterocycles. The molecule has 0 amide bonds. The molecule has 0 aliphatic heterocycles. The highest BCUT2D eigenvalue weighted by Gasteiger charge is 2.11. The van der Waals surface area contributed by atoms with Crippen LogP contribution in [0.3, 0.4) is 0 Å². The van der Waals surface area contributed by atoms with Crippen molar-refractivity contribution in [2.75, 3.05) is 0 Å². The molecule has 0 radical (unpaired) electrons. The second-order valence-corrected chi connectivity index (χ2v) is 4.31. The molecule has 4 heteroatoms. The fourth-order valence-corrected chi connectivity index (χ4v) is 1.94. The van der Waals surface area contributed by atoms with Gasteiger partial charge < -0.3 is 10.3 Å². The van der Waals surface area contributed by atoms with Crippen molar-refractivity contribution in [3.8, 4) is 0 Å². The Balaban J connectivity index is 2.01. The van der Waals surface area contributed by atoms with Crippen LogP contribution < -0.4 is 5.73 Å². The first-order valence-corrected chi connectivity index (χ1v) is 5.82. The molecule has 0 fully saturated rings. The monoisotopic (exact) mass is 230 g/mol. The molecule has 1 unspecified atom stereocenters. The second kappa shape index (κ2) is 5.10. The van der Waals surface area contributed by atoms with Crippen LogP contribution in [0.2, 0.25) is 0 Å². The number of nitrogens with two attached hydrogens (primary N) is 1. The number of rotatable bonds is 4. The summed E-state index contributed by atoms with van der Waals surface area (Å²) in [6, 6.07) is 3.96. The molecular weight excluding hydrogens is 212 g/mol. The molecule has 0 saturated carbocycles. The van der Waals surface area contributed by atoms with Gasteiger partial charge in [-0.2, -0.15) is 0 Å². The number of aromatic nitrogens is 3. The summed E-state index contributed by atoms with van der Waals surface area (Å²) in [5.41, 5.74) is 8.30. The van der Waals surface area contributed by atoms with Crippen molar-refractivity contribution in [3.63, 3.8) is 0 Å². The normalized spacial score (nSPS) is 12.6. The van der Waals surface area contributed by atoms with Crippen LogP contribution >= 0.6 is 0 Å². The Labute approximate surface area is 102 Å². The van der Waals surface area contributed by atoms with E-state index in [9.17, 15) is 0 Å². The van der Waals surface area contributed by atoms with Gasteiger partial charge in [0.1, 0.15) is 5.82 Å². The zero-order chi connectivity index (χ0) is 12.3. The minimum absolute atomic E-state index is 0.0205. The van der Waals surface area contributed by atoms with E-state index in [1.807, 2.05) is 43.1 Å². The summed E-state index contributed by atoms with van der Waals surface area (Å²) in [5, 5.41) is 0. The zero-order valence-electron chi connectivity index (χ0n) is 10.3. The van der Waals surface area contributed by atoms with E-state index in [-0.39, 0.29) is 6.04 Å². The minimum atomic E-state index is -0.0205. The first-order valence-electron chi connectivity index (χ1n) is 5.82. The highest BCUT2D eigenvalue weighted by Crippen LogP contribution is 2.17. The third kappa shape index (κ3) is 2.71. The van der Waals surface area contributed by atoms with Gasteiger partial charge in [0.2, 0.25) is 0 Å². The van der Waals surface area contributed by atoms with Gasteiger partial charge in [0.15, 0.2) is 0 Å². The number of imidazole rings is 1. The fourth-order valence-electron chi connectivity index (χ4n) is 1.94. The molecule has 2 N–H and O–H groups in total. The van der Waals surface area contributed by atoms with E-state index in [0.29, 0.717) is 0 Å². The lowest BCUT2D eigenvalue weighted by molar-refractivity contribution is 0.604. The van der Waals surface area contributed by atoms with Gasteiger partial charge in [-0.1, -0.05) is 6.07 Å². The highest BCUT2D eigenvalue weighted by atomic mass is 15.0. The molecular formula is C13H18N4. The summed E-state index contributed by atoms with van der Waals surface area (Å²) in [5.74, 6) is 1.06. The summed E-state index contributed by atoms with van der Waals surface area (Å²) in [6.07, 6.45) is 7.30. The maximum Gasteiger partial charge on any atom is 0.108 e. The van der Waals surface area contributed by atoms with Crippen LogP contribution in [0.5, 0.6) is 0 Å². The largest absolute Gasteiger partial charge is 0.338 e. The van der Waals surface area contributed by atoms with Crippen molar-refractivity contribution in [1.82, 2.24) is 14.5 Å². The van der Waals surface area contributed by atoms with Gasteiger partial charge in [-0.05, 0) is 25.0 Å². The number of pyridine rings is 1. The summed E-state index contributed by atoms with van der Waals surface area (Å²) >= 11 is 0. The molecule has 0 aliphatic rings. The Hall–Kier alpha value is -1.68. The molecule has 90 valence electrons.